The van der Waals surface area contributed by atoms with E-state index in [2.05, 4.69) is 5.32 Å². The van der Waals surface area contributed by atoms with Gasteiger partial charge in [-0.1, -0.05) is 0 Å². The van der Waals surface area contributed by atoms with E-state index in [-0.39, 0.29) is 12.5 Å². The maximum absolute atomic E-state index is 11.8. The van der Waals surface area contributed by atoms with Crippen molar-refractivity contribution < 1.29 is 9.90 Å². The Morgan fingerprint density at radius 2 is 2.27 bits per heavy atom. The number of amides is 1. The fraction of sp³-hybridized carbons (Fsp3) is 0.909. The third-order valence-electron chi connectivity index (χ3n) is 2.98. The van der Waals surface area contributed by atoms with Gasteiger partial charge < -0.3 is 15.3 Å². The van der Waals surface area contributed by atoms with Crippen LogP contribution in [0.1, 0.15) is 32.1 Å². The van der Waals surface area contributed by atoms with Crippen LogP contribution in [0.3, 0.4) is 0 Å². The molecule has 0 saturated heterocycles. The van der Waals surface area contributed by atoms with Crippen molar-refractivity contribution in [2.24, 2.45) is 0 Å². The fourth-order valence-electron chi connectivity index (χ4n) is 1.83. The molecule has 4 nitrogen and oxygen atoms in total. The molecule has 0 unspecified atom stereocenters. The smallest absolute Gasteiger partial charge is 0.224 e. The Hall–Kier alpha value is -0.610. The molecule has 0 bridgehead atoms. The molecule has 0 aromatic heterocycles. The van der Waals surface area contributed by atoms with Crippen LogP contribution in [0.15, 0.2) is 0 Å². The molecule has 1 aliphatic rings. The van der Waals surface area contributed by atoms with E-state index in [4.69, 9.17) is 5.11 Å². The van der Waals surface area contributed by atoms with Crippen LogP contribution >= 0.6 is 0 Å². The zero-order valence-corrected chi connectivity index (χ0v) is 9.54. The predicted octanol–water partition coefficient (Wildman–Crippen LogP) is 0.359. The number of hydrogen-bond donors (Lipinski definition) is 2. The molecule has 0 aromatic rings. The minimum Gasteiger partial charge on any atom is -0.396 e. The Kier molecular flexibility index (Phi) is 5.65. The monoisotopic (exact) mass is 214 g/mol. The first-order chi connectivity index (χ1) is 7.29. The van der Waals surface area contributed by atoms with E-state index in [0.717, 1.165) is 19.4 Å². The van der Waals surface area contributed by atoms with Crippen LogP contribution in [0.4, 0.5) is 0 Å². The van der Waals surface area contributed by atoms with E-state index in [1.807, 2.05) is 11.9 Å². The Morgan fingerprint density at radius 3 is 2.73 bits per heavy atom. The molecule has 0 spiro atoms. The van der Waals surface area contributed by atoms with Gasteiger partial charge in [-0.25, -0.2) is 0 Å². The summed E-state index contributed by atoms with van der Waals surface area (Å²) in [6, 6.07) is 0.445. The van der Waals surface area contributed by atoms with Gasteiger partial charge in [0, 0.05) is 32.2 Å². The molecule has 0 aromatic carbocycles. The van der Waals surface area contributed by atoms with Gasteiger partial charge in [-0.3, -0.25) is 4.79 Å². The first kappa shape index (κ1) is 12.5. The van der Waals surface area contributed by atoms with E-state index in [1.54, 1.807) is 0 Å². The molecular weight excluding hydrogens is 192 g/mol. The zero-order chi connectivity index (χ0) is 11.1. The predicted molar refractivity (Wildman–Crippen MR) is 59.6 cm³/mol. The Labute approximate surface area is 91.6 Å². The van der Waals surface area contributed by atoms with Crippen LogP contribution in [-0.2, 0) is 4.79 Å². The highest BCUT2D eigenvalue weighted by atomic mass is 16.3. The number of hydrogen-bond acceptors (Lipinski definition) is 3. The van der Waals surface area contributed by atoms with Crippen LogP contribution in [0, 0.1) is 0 Å². The van der Waals surface area contributed by atoms with Gasteiger partial charge >= 0.3 is 0 Å². The van der Waals surface area contributed by atoms with E-state index < -0.39 is 0 Å². The highest BCUT2D eigenvalue weighted by Crippen LogP contribution is 2.25. The normalized spacial score (nSPS) is 16.1. The lowest BCUT2D eigenvalue weighted by molar-refractivity contribution is -0.135. The summed E-state index contributed by atoms with van der Waals surface area (Å²) in [6.45, 7) is 1.62. The SMILES string of the molecule is CNCCC(=O)N(CCCO)C1CCC1. The standard InChI is InChI=1S/C11H22N2O2/c1-12-7-6-11(15)13(8-3-9-14)10-4-2-5-10/h10,12,14H,2-9H2,1H3. The first-order valence-electron chi connectivity index (χ1n) is 5.84. The minimum atomic E-state index is 0.169. The van der Waals surface area contributed by atoms with Crippen molar-refractivity contribution in [2.45, 2.75) is 38.1 Å². The Morgan fingerprint density at radius 1 is 1.53 bits per heavy atom. The molecule has 1 amide bonds. The lowest BCUT2D eigenvalue weighted by Gasteiger charge is -2.37. The van der Waals surface area contributed by atoms with Crippen LogP contribution < -0.4 is 5.32 Å². The number of aliphatic hydroxyl groups is 1. The highest BCUT2D eigenvalue weighted by molar-refractivity contribution is 5.76. The van der Waals surface area contributed by atoms with Crippen LogP contribution in [0.5, 0.6) is 0 Å². The van der Waals surface area contributed by atoms with E-state index >= 15 is 0 Å². The molecule has 0 heterocycles. The summed E-state index contributed by atoms with van der Waals surface area (Å²) in [5.74, 6) is 0.225. The molecule has 1 rings (SSSR count). The van der Waals surface area contributed by atoms with Gasteiger partial charge in [-0.05, 0) is 32.7 Å². The summed E-state index contributed by atoms with van der Waals surface area (Å²) in [7, 11) is 1.86. The summed E-state index contributed by atoms with van der Waals surface area (Å²) in [6.07, 6.45) is 4.77. The van der Waals surface area contributed by atoms with Crippen molar-refractivity contribution in [1.82, 2.24) is 10.2 Å². The van der Waals surface area contributed by atoms with Crippen LogP contribution in [0.2, 0.25) is 0 Å². The molecule has 4 heteroatoms. The average Bonchev–Trinajstić information content (AvgIpc) is 2.17. The van der Waals surface area contributed by atoms with Gasteiger partial charge in [-0.15, -0.1) is 0 Å². The van der Waals surface area contributed by atoms with E-state index in [9.17, 15) is 4.79 Å². The molecule has 1 saturated carbocycles. The number of carbonyl (C=O) groups excluding carboxylic acids is 1. The first-order valence-corrected chi connectivity index (χ1v) is 5.84. The van der Waals surface area contributed by atoms with Gasteiger partial charge in [-0.2, -0.15) is 0 Å². The van der Waals surface area contributed by atoms with Crippen LogP contribution in [0.25, 0.3) is 0 Å². The highest BCUT2D eigenvalue weighted by Gasteiger charge is 2.27. The van der Waals surface area contributed by atoms with Crippen molar-refractivity contribution in [3.63, 3.8) is 0 Å². The van der Waals surface area contributed by atoms with Crippen molar-refractivity contribution in [2.75, 3.05) is 26.7 Å². The Balaban J connectivity index is 2.35. The number of nitrogens with one attached hydrogen (secondary N) is 1. The lowest BCUT2D eigenvalue weighted by atomic mass is 9.91. The summed E-state index contributed by atoms with van der Waals surface area (Å²) < 4.78 is 0. The summed E-state index contributed by atoms with van der Waals surface area (Å²) >= 11 is 0. The summed E-state index contributed by atoms with van der Waals surface area (Å²) in [5.41, 5.74) is 0. The molecule has 1 aliphatic carbocycles. The maximum atomic E-state index is 11.8. The minimum absolute atomic E-state index is 0.169. The molecule has 15 heavy (non-hydrogen) atoms. The van der Waals surface area contributed by atoms with Crippen molar-refractivity contribution >= 4 is 5.91 Å². The van der Waals surface area contributed by atoms with Gasteiger partial charge in [0.15, 0.2) is 0 Å². The number of nitrogens with zero attached hydrogens (tertiary/aromatic N) is 1. The topological polar surface area (TPSA) is 52.6 Å². The maximum Gasteiger partial charge on any atom is 0.224 e. The molecular formula is C11H22N2O2. The van der Waals surface area contributed by atoms with Gasteiger partial charge in [0.25, 0.3) is 0 Å². The second kappa shape index (κ2) is 6.80. The number of aliphatic hydroxyl groups excluding tert-OH is 1. The fourth-order valence-corrected chi connectivity index (χ4v) is 1.83. The molecule has 0 aliphatic heterocycles. The number of carbonyl (C=O) groups is 1. The zero-order valence-electron chi connectivity index (χ0n) is 9.54. The second-order valence-corrected chi connectivity index (χ2v) is 4.10. The number of rotatable bonds is 7. The Bertz CT molecular complexity index is 193. The third-order valence-corrected chi connectivity index (χ3v) is 2.98. The van der Waals surface area contributed by atoms with Gasteiger partial charge in [0.1, 0.15) is 0 Å². The van der Waals surface area contributed by atoms with Crippen molar-refractivity contribution in [1.29, 1.82) is 0 Å². The second-order valence-electron chi connectivity index (χ2n) is 4.10. The molecule has 0 radical (unpaired) electrons. The van der Waals surface area contributed by atoms with E-state index in [1.165, 1.54) is 6.42 Å². The van der Waals surface area contributed by atoms with Gasteiger partial charge in [0.2, 0.25) is 5.91 Å². The molecule has 88 valence electrons. The van der Waals surface area contributed by atoms with E-state index in [0.29, 0.717) is 25.4 Å². The largest absolute Gasteiger partial charge is 0.396 e. The summed E-state index contributed by atoms with van der Waals surface area (Å²) in [5, 5.41) is 11.8. The average molecular weight is 214 g/mol. The molecule has 2 N–H and O–H groups in total. The van der Waals surface area contributed by atoms with Crippen molar-refractivity contribution in [3.05, 3.63) is 0 Å². The quantitative estimate of drug-likeness (QED) is 0.643. The van der Waals surface area contributed by atoms with Gasteiger partial charge in [0.05, 0.1) is 0 Å². The molecule has 1 fully saturated rings. The van der Waals surface area contributed by atoms with Crippen molar-refractivity contribution in [3.8, 4) is 0 Å². The lowest BCUT2D eigenvalue weighted by Crippen LogP contribution is -2.45. The van der Waals surface area contributed by atoms with Crippen LogP contribution in [-0.4, -0.2) is 48.7 Å². The summed E-state index contributed by atoms with van der Waals surface area (Å²) in [4.78, 5) is 13.8. The third kappa shape index (κ3) is 3.80. The molecule has 0 atom stereocenters.